The van der Waals surface area contributed by atoms with Gasteiger partial charge in [-0.15, -0.1) is 12.4 Å². The van der Waals surface area contributed by atoms with Crippen molar-refractivity contribution in [2.24, 2.45) is 5.92 Å². The van der Waals surface area contributed by atoms with Crippen LogP contribution in [0.1, 0.15) is 31.4 Å². The number of nitrogens with zero attached hydrogens (tertiary/aromatic N) is 2. The van der Waals surface area contributed by atoms with Crippen molar-refractivity contribution in [2.75, 3.05) is 26.7 Å². The van der Waals surface area contributed by atoms with Crippen LogP contribution >= 0.6 is 12.4 Å². The van der Waals surface area contributed by atoms with E-state index in [2.05, 4.69) is 0 Å². The van der Waals surface area contributed by atoms with E-state index in [-0.39, 0.29) is 24.9 Å². The number of piperidine rings is 1. The lowest BCUT2D eigenvalue weighted by Gasteiger charge is -2.33. The van der Waals surface area contributed by atoms with Gasteiger partial charge in [-0.3, -0.25) is 14.5 Å². The number of carboxylic acid groups (broad SMARTS) is 1. The Bertz CT molecular complexity index is 630. The Morgan fingerprint density at radius 1 is 1.36 bits per heavy atom. The molecule has 0 aromatic heterocycles. The van der Waals surface area contributed by atoms with E-state index >= 15 is 0 Å². The lowest BCUT2D eigenvalue weighted by molar-refractivity contribution is -0.145. The van der Waals surface area contributed by atoms with Gasteiger partial charge >= 0.3 is 5.97 Å². The zero-order valence-electron chi connectivity index (χ0n) is 14.2. The normalized spacial score (nSPS) is 19.0. The van der Waals surface area contributed by atoms with Gasteiger partial charge in [-0.1, -0.05) is 6.07 Å². The first-order valence-corrected chi connectivity index (χ1v) is 7.95. The summed E-state index contributed by atoms with van der Waals surface area (Å²) in [5, 5.41) is 9.10. The first-order chi connectivity index (χ1) is 11.3. The second-order valence-corrected chi connectivity index (χ2v) is 6.27. The zero-order valence-corrected chi connectivity index (χ0v) is 15.1. The van der Waals surface area contributed by atoms with Crippen molar-refractivity contribution in [3.05, 3.63) is 35.4 Å². The van der Waals surface area contributed by atoms with Crippen LogP contribution in [0, 0.1) is 17.6 Å². The molecule has 1 aliphatic heterocycles. The molecule has 1 saturated heterocycles. The van der Waals surface area contributed by atoms with Crippen LogP contribution in [0.25, 0.3) is 0 Å². The number of hydrogen-bond donors (Lipinski definition) is 1. The molecule has 140 valence electrons. The number of carboxylic acids is 1. The molecule has 2 atom stereocenters. The Morgan fingerprint density at radius 3 is 2.64 bits per heavy atom. The summed E-state index contributed by atoms with van der Waals surface area (Å²) < 4.78 is 26.4. The van der Waals surface area contributed by atoms with E-state index in [1.807, 2.05) is 4.90 Å². The van der Waals surface area contributed by atoms with Crippen LogP contribution in [0.5, 0.6) is 0 Å². The highest BCUT2D eigenvalue weighted by Gasteiger charge is 2.28. The molecule has 8 heteroatoms. The highest BCUT2D eigenvalue weighted by atomic mass is 35.5. The fourth-order valence-corrected chi connectivity index (χ4v) is 2.92. The number of hydrogen-bond acceptors (Lipinski definition) is 3. The minimum absolute atomic E-state index is 0. The fourth-order valence-electron chi connectivity index (χ4n) is 2.92. The first-order valence-electron chi connectivity index (χ1n) is 7.95. The highest BCUT2D eigenvalue weighted by Crippen LogP contribution is 2.22. The van der Waals surface area contributed by atoms with Crippen LogP contribution in [0.15, 0.2) is 18.2 Å². The minimum atomic E-state index is -0.944. The fraction of sp³-hybridized carbons (Fsp3) is 0.529. The maximum absolute atomic E-state index is 13.4. The number of likely N-dealkylation sites (N-methyl/N-ethyl adjacent to an activating group) is 1. The van der Waals surface area contributed by atoms with Crippen LogP contribution in [-0.2, 0) is 9.59 Å². The third-order valence-corrected chi connectivity index (χ3v) is 4.61. The van der Waals surface area contributed by atoms with Gasteiger partial charge in [0.2, 0.25) is 5.91 Å². The third-order valence-electron chi connectivity index (χ3n) is 4.61. The minimum Gasteiger partial charge on any atom is -0.481 e. The smallest absolute Gasteiger partial charge is 0.307 e. The van der Waals surface area contributed by atoms with E-state index < -0.39 is 29.6 Å². The number of aliphatic carboxylic acids is 1. The highest BCUT2D eigenvalue weighted by molar-refractivity contribution is 5.85. The van der Waals surface area contributed by atoms with Crippen LogP contribution in [0.2, 0.25) is 0 Å². The Balaban J connectivity index is 0.00000312. The average Bonchev–Trinajstić information content (AvgIpc) is 2.56. The van der Waals surface area contributed by atoms with Gasteiger partial charge in [0.25, 0.3) is 0 Å². The predicted octanol–water partition coefficient (Wildman–Crippen LogP) is 2.70. The van der Waals surface area contributed by atoms with Crippen molar-refractivity contribution in [1.82, 2.24) is 9.80 Å². The van der Waals surface area contributed by atoms with Crippen LogP contribution in [-0.4, -0.2) is 53.5 Å². The molecule has 1 fully saturated rings. The van der Waals surface area contributed by atoms with E-state index in [1.165, 1.54) is 11.0 Å². The van der Waals surface area contributed by atoms with Gasteiger partial charge in [-0.2, -0.15) is 0 Å². The summed E-state index contributed by atoms with van der Waals surface area (Å²) in [6.07, 6.45) is 1.37. The Hall–Kier alpha value is -1.73. The molecule has 1 N–H and O–H groups in total. The summed E-state index contributed by atoms with van der Waals surface area (Å²) in [4.78, 5) is 26.8. The Kier molecular flexibility index (Phi) is 7.76. The van der Waals surface area contributed by atoms with E-state index in [0.29, 0.717) is 25.1 Å². The summed E-state index contributed by atoms with van der Waals surface area (Å²) in [6.45, 7) is 2.90. The van der Waals surface area contributed by atoms with Crippen molar-refractivity contribution >= 4 is 24.3 Å². The van der Waals surface area contributed by atoms with Gasteiger partial charge in [-0.25, -0.2) is 8.78 Å². The lowest BCUT2D eigenvalue weighted by Crippen LogP contribution is -2.45. The molecule has 1 aromatic carbocycles. The maximum atomic E-state index is 13.4. The van der Waals surface area contributed by atoms with Crippen LogP contribution in [0.4, 0.5) is 8.78 Å². The quantitative estimate of drug-likeness (QED) is 0.858. The molecular weight excluding hydrogens is 354 g/mol. The van der Waals surface area contributed by atoms with E-state index in [1.54, 1.807) is 14.0 Å². The number of benzene rings is 1. The molecule has 1 amide bonds. The standard InChI is InChI=1S/C17H22F2N2O3.ClH/c1-11(12-5-6-14(18)15(19)8-12)20(2)16(22)10-21-7-3-4-13(9-21)17(23)24;/h5-6,8,11,13H,3-4,7,9-10H2,1-2H3,(H,23,24);1H. The largest absolute Gasteiger partial charge is 0.481 e. The van der Waals surface area contributed by atoms with Crippen molar-refractivity contribution in [2.45, 2.75) is 25.8 Å². The molecule has 1 aromatic rings. The van der Waals surface area contributed by atoms with Crippen molar-refractivity contribution in [3.8, 4) is 0 Å². The molecule has 25 heavy (non-hydrogen) atoms. The number of carbonyl (C=O) groups excluding carboxylic acids is 1. The molecule has 0 saturated carbocycles. The summed E-state index contributed by atoms with van der Waals surface area (Å²) in [5.74, 6) is -3.33. The lowest BCUT2D eigenvalue weighted by atomic mass is 9.98. The first kappa shape index (κ1) is 21.3. The molecule has 2 rings (SSSR count). The Morgan fingerprint density at radius 2 is 2.04 bits per heavy atom. The molecule has 1 heterocycles. The van der Waals surface area contributed by atoms with Crippen LogP contribution < -0.4 is 0 Å². The molecular formula is C17H23ClF2N2O3. The number of rotatable bonds is 5. The van der Waals surface area contributed by atoms with Gasteiger partial charge in [0.1, 0.15) is 0 Å². The van der Waals surface area contributed by atoms with Crippen molar-refractivity contribution in [1.29, 1.82) is 0 Å². The molecule has 1 aliphatic rings. The predicted molar refractivity (Wildman–Crippen MR) is 91.6 cm³/mol. The van der Waals surface area contributed by atoms with Crippen molar-refractivity contribution < 1.29 is 23.5 Å². The molecule has 2 unspecified atom stereocenters. The SMILES string of the molecule is CC(c1ccc(F)c(F)c1)N(C)C(=O)CN1CCCC(C(=O)O)C1.Cl. The third kappa shape index (κ3) is 5.37. The Labute approximate surface area is 152 Å². The summed E-state index contributed by atoms with van der Waals surface area (Å²) in [5.41, 5.74) is 0.506. The van der Waals surface area contributed by atoms with E-state index in [4.69, 9.17) is 5.11 Å². The topological polar surface area (TPSA) is 60.9 Å². The van der Waals surface area contributed by atoms with Crippen molar-refractivity contribution in [3.63, 3.8) is 0 Å². The van der Waals surface area contributed by atoms with Gasteiger partial charge in [0, 0.05) is 13.6 Å². The number of likely N-dealkylation sites (tertiary alicyclic amines) is 1. The molecule has 0 aliphatic carbocycles. The van der Waals surface area contributed by atoms with Crippen LogP contribution in [0.3, 0.4) is 0 Å². The van der Waals surface area contributed by atoms with Gasteiger partial charge in [-0.05, 0) is 44.0 Å². The maximum Gasteiger partial charge on any atom is 0.307 e. The van der Waals surface area contributed by atoms with E-state index in [0.717, 1.165) is 18.6 Å². The van der Waals surface area contributed by atoms with E-state index in [9.17, 15) is 18.4 Å². The van der Waals surface area contributed by atoms with Gasteiger partial charge < -0.3 is 10.0 Å². The monoisotopic (exact) mass is 376 g/mol. The number of carbonyl (C=O) groups is 2. The van der Waals surface area contributed by atoms with Gasteiger partial charge in [0.15, 0.2) is 11.6 Å². The summed E-state index contributed by atoms with van der Waals surface area (Å²) in [7, 11) is 1.60. The molecule has 0 radical (unpaired) electrons. The molecule has 0 spiro atoms. The number of halogens is 3. The summed E-state index contributed by atoms with van der Waals surface area (Å²) >= 11 is 0. The number of amides is 1. The second-order valence-electron chi connectivity index (χ2n) is 6.27. The van der Waals surface area contributed by atoms with Gasteiger partial charge in [0.05, 0.1) is 18.5 Å². The molecule has 0 bridgehead atoms. The zero-order chi connectivity index (χ0) is 17.9. The summed E-state index contributed by atoms with van der Waals surface area (Å²) in [6, 6.07) is 3.17. The second kappa shape index (κ2) is 9.10. The molecule has 5 nitrogen and oxygen atoms in total. The average molecular weight is 377 g/mol.